The van der Waals surface area contributed by atoms with Crippen molar-refractivity contribution >= 4 is 0 Å². The number of benzene rings is 1. The summed E-state index contributed by atoms with van der Waals surface area (Å²) in [6, 6.07) is 2.79. The Kier molecular flexibility index (Phi) is 3.14. The van der Waals surface area contributed by atoms with E-state index in [-0.39, 0.29) is 11.6 Å². The molecular weight excluding hydrogens is 239 g/mol. The first-order valence-corrected chi connectivity index (χ1v) is 5.44. The van der Waals surface area contributed by atoms with Gasteiger partial charge in [-0.3, -0.25) is 0 Å². The van der Waals surface area contributed by atoms with Crippen LogP contribution in [0.25, 0.3) is 5.69 Å². The topological polar surface area (TPSA) is 61.9 Å². The number of ether oxygens (including phenoxy) is 1. The zero-order valence-corrected chi connectivity index (χ0v) is 10.3. The summed E-state index contributed by atoms with van der Waals surface area (Å²) in [6.45, 7) is 1.83. The van der Waals surface area contributed by atoms with Crippen LogP contribution in [0.1, 0.15) is 12.5 Å². The maximum atomic E-state index is 13.6. The molecule has 0 saturated heterocycles. The van der Waals surface area contributed by atoms with Crippen LogP contribution in [0.15, 0.2) is 16.9 Å². The smallest absolute Gasteiger partial charge is 0.368 e. The molecule has 1 aromatic heterocycles. The highest BCUT2D eigenvalue weighted by Crippen LogP contribution is 2.25. The van der Waals surface area contributed by atoms with Gasteiger partial charge >= 0.3 is 5.69 Å². The van der Waals surface area contributed by atoms with Crippen LogP contribution in [0.3, 0.4) is 0 Å². The van der Waals surface area contributed by atoms with Gasteiger partial charge in [0.05, 0.1) is 7.11 Å². The number of halogens is 1. The Morgan fingerprint density at radius 1 is 1.39 bits per heavy atom. The Hall–Kier alpha value is -2.18. The average Bonchev–Trinajstić information content (AvgIpc) is 2.70. The maximum Gasteiger partial charge on any atom is 0.368 e. The van der Waals surface area contributed by atoms with Crippen molar-refractivity contribution in [2.24, 2.45) is 7.05 Å². The van der Waals surface area contributed by atoms with Crippen LogP contribution >= 0.6 is 0 Å². The Labute approximate surface area is 103 Å². The lowest BCUT2D eigenvalue weighted by Crippen LogP contribution is -2.22. The van der Waals surface area contributed by atoms with Gasteiger partial charge in [0.15, 0.2) is 0 Å². The van der Waals surface area contributed by atoms with Gasteiger partial charge in [-0.25, -0.2) is 9.18 Å². The van der Waals surface area contributed by atoms with Crippen LogP contribution in [-0.2, 0) is 13.5 Å². The second-order valence-corrected chi connectivity index (χ2v) is 3.77. The predicted octanol–water partition coefficient (Wildman–Crippen LogP) is 0.676. The molecule has 0 fully saturated rings. The summed E-state index contributed by atoms with van der Waals surface area (Å²) in [7, 11) is 2.90. The summed E-state index contributed by atoms with van der Waals surface area (Å²) >= 11 is 0. The first-order chi connectivity index (χ1) is 8.58. The van der Waals surface area contributed by atoms with Crippen molar-refractivity contribution in [2.45, 2.75) is 13.3 Å². The quantitative estimate of drug-likeness (QED) is 0.805. The van der Waals surface area contributed by atoms with E-state index in [0.29, 0.717) is 17.7 Å². The van der Waals surface area contributed by atoms with Gasteiger partial charge < -0.3 is 4.74 Å². The zero-order chi connectivity index (χ0) is 13.3. The van der Waals surface area contributed by atoms with Crippen molar-refractivity contribution < 1.29 is 9.13 Å². The van der Waals surface area contributed by atoms with E-state index in [1.165, 1.54) is 20.2 Å². The lowest BCUT2D eigenvalue weighted by molar-refractivity contribution is 0.407. The van der Waals surface area contributed by atoms with Gasteiger partial charge in [0.1, 0.15) is 17.3 Å². The van der Waals surface area contributed by atoms with Gasteiger partial charge in [0.2, 0.25) is 0 Å². The first kappa shape index (κ1) is 12.3. The summed E-state index contributed by atoms with van der Waals surface area (Å²) in [5.41, 5.74) is 0.458. The van der Waals surface area contributed by atoms with Gasteiger partial charge in [-0.05, 0) is 28.5 Å². The van der Waals surface area contributed by atoms with Gasteiger partial charge in [0.25, 0.3) is 0 Å². The molecule has 7 heteroatoms. The summed E-state index contributed by atoms with van der Waals surface area (Å²) in [4.78, 5) is 11.8. The predicted molar refractivity (Wildman–Crippen MR) is 62.5 cm³/mol. The molecule has 2 rings (SSSR count). The number of methoxy groups -OCH3 is 1. The van der Waals surface area contributed by atoms with E-state index in [9.17, 15) is 9.18 Å². The number of nitrogens with zero attached hydrogens (tertiary/aromatic N) is 4. The van der Waals surface area contributed by atoms with Crippen LogP contribution in [0.5, 0.6) is 5.75 Å². The highest BCUT2D eigenvalue weighted by molar-refractivity contribution is 5.48. The molecule has 0 aliphatic carbocycles. The minimum atomic E-state index is -0.415. The van der Waals surface area contributed by atoms with Crippen molar-refractivity contribution in [2.75, 3.05) is 7.11 Å². The van der Waals surface area contributed by atoms with Crippen molar-refractivity contribution in [1.82, 2.24) is 19.8 Å². The zero-order valence-electron chi connectivity index (χ0n) is 10.3. The van der Waals surface area contributed by atoms with Crippen LogP contribution in [0.4, 0.5) is 4.39 Å². The van der Waals surface area contributed by atoms with Crippen molar-refractivity contribution in [1.29, 1.82) is 0 Å². The molecule has 0 atom stereocenters. The van der Waals surface area contributed by atoms with Crippen molar-refractivity contribution in [3.05, 3.63) is 34.0 Å². The fourth-order valence-electron chi connectivity index (χ4n) is 1.65. The monoisotopic (exact) mass is 252 g/mol. The SMILES string of the molecule is CCc1cc(-n2nnn(C)c2=O)c(OC)cc1F. The number of rotatable bonds is 3. The van der Waals surface area contributed by atoms with Crippen molar-refractivity contribution in [3.8, 4) is 11.4 Å². The lowest BCUT2D eigenvalue weighted by Gasteiger charge is -2.09. The van der Waals surface area contributed by atoms with E-state index in [1.54, 1.807) is 6.07 Å². The molecule has 0 spiro atoms. The third-order valence-corrected chi connectivity index (χ3v) is 2.68. The standard InChI is InChI=1S/C11H13FN4O2/c1-4-7-5-9(10(18-3)6-8(7)12)16-11(17)15(2)13-14-16/h5-6H,4H2,1-3H3. The molecule has 0 unspecified atom stereocenters. The van der Waals surface area contributed by atoms with Gasteiger partial charge in [-0.15, -0.1) is 0 Å². The number of hydrogen-bond acceptors (Lipinski definition) is 4. The maximum absolute atomic E-state index is 13.6. The molecule has 6 nitrogen and oxygen atoms in total. The summed E-state index contributed by atoms with van der Waals surface area (Å²) < 4.78 is 20.9. The second kappa shape index (κ2) is 4.59. The molecule has 0 amide bonds. The molecule has 2 aromatic rings. The third-order valence-electron chi connectivity index (χ3n) is 2.68. The van der Waals surface area contributed by atoms with E-state index < -0.39 is 5.69 Å². The molecule has 1 aromatic carbocycles. The van der Waals surface area contributed by atoms with Gasteiger partial charge in [0, 0.05) is 13.1 Å². The Balaban J connectivity index is 2.69. The normalized spacial score (nSPS) is 10.7. The Morgan fingerprint density at radius 3 is 2.61 bits per heavy atom. The van der Waals surface area contributed by atoms with Crippen LogP contribution < -0.4 is 10.4 Å². The number of hydrogen-bond donors (Lipinski definition) is 0. The molecule has 0 aliphatic heterocycles. The molecule has 0 saturated carbocycles. The second-order valence-electron chi connectivity index (χ2n) is 3.77. The Bertz CT molecular complexity index is 632. The van der Waals surface area contributed by atoms with Crippen molar-refractivity contribution in [3.63, 3.8) is 0 Å². The summed E-state index contributed by atoms with van der Waals surface area (Å²) in [6.07, 6.45) is 0.512. The number of aryl methyl sites for hydroxylation is 2. The summed E-state index contributed by atoms with van der Waals surface area (Å²) in [5, 5.41) is 7.33. The minimum absolute atomic E-state index is 0.243. The van der Waals surface area contributed by atoms with E-state index in [4.69, 9.17) is 4.74 Å². The molecule has 0 aliphatic rings. The van der Waals surface area contributed by atoms with E-state index in [1.807, 2.05) is 6.92 Å². The number of tetrazole rings is 1. The molecule has 96 valence electrons. The fraction of sp³-hybridized carbons (Fsp3) is 0.364. The molecule has 1 heterocycles. The van der Waals surface area contributed by atoms with E-state index in [0.717, 1.165) is 9.36 Å². The molecule has 0 N–H and O–H groups in total. The molecule has 0 bridgehead atoms. The minimum Gasteiger partial charge on any atom is -0.494 e. The summed E-state index contributed by atoms with van der Waals surface area (Å²) in [5.74, 6) is -0.123. The van der Waals surface area contributed by atoms with Gasteiger partial charge in [-0.2, -0.15) is 9.36 Å². The lowest BCUT2D eigenvalue weighted by atomic mass is 10.1. The highest BCUT2D eigenvalue weighted by atomic mass is 19.1. The van der Waals surface area contributed by atoms with Crippen LogP contribution in [-0.4, -0.2) is 26.9 Å². The first-order valence-electron chi connectivity index (χ1n) is 5.44. The van der Waals surface area contributed by atoms with E-state index >= 15 is 0 Å². The Morgan fingerprint density at radius 2 is 2.11 bits per heavy atom. The molecule has 0 radical (unpaired) electrons. The van der Waals surface area contributed by atoms with Gasteiger partial charge in [-0.1, -0.05) is 6.92 Å². The average molecular weight is 252 g/mol. The molecular formula is C11H13FN4O2. The van der Waals surface area contributed by atoms with Crippen LogP contribution in [0.2, 0.25) is 0 Å². The fourth-order valence-corrected chi connectivity index (χ4v) is 1.65. The number of aromatic nitrogens is 4. The largest absolute Gasteiger partial charge is 0.494 e. The van der Waals surface area contributed by atoms with E-state index in [2.05, 4.69) is 10.4 Å². The third kappa shape index (κ3) is 1.87. The van der Waals surface area contributed by atoms with Crippen LogP contribution in [0, 0.1) is 5.82 Å². The highest BCUT2D eigenvalue weighted by Gasteiger charge is 2.15. The molecule has 18 heavy (non-hydrogen) atoms.